The molecule has 0 aromatic heterocycles. The van der Waals surface area contributed by atoms with Gasteiger partial charge in [-0.2, -0.15) is 0 Å². The molecule has 0 aliphatic heterocycles. The van der Waals surface area contributed by atoms with Gasteiger partial charge in [-0.15, -0.1) is 0 Å². The van der Waals surface area contributed by atoms with E-state index in [1.165, 1.54) is 6.92 Å². The highest BCUT2D eigenvalue weighted by molar-refractivity contribution is 5.96. The molecular formula is C14H17NO5. The van der Waals surface area contributed by atoms with Crippen LogP contribution in [0, 0.1) is 16.0 Å². The van der Waals surface area contributed by atoms with Crippen LogP contribution < -0.4 is 0 Å². The minimum absolute atomic E-state index is 0.0719. The van der Waals surface area contributed by atoms with Crippen molar-refractivity contribution < 1.29 is 19.2 Å². The largest absolute Gasteiger partial charge is 0.461 e. The lowest BCUT2D eigenvalue weighted by atomic mass is 9.93. The van der Waals surface area contributed by atoms with Crippen LogP contribution in [0.25, 0.3) is 0 Å². The van der Waals surface area contributed by atoms with Gasteiger partial charge in [0.05, 0.1) is 6.61 Å². The van der Waals surface area contributed by atoms with Gasteiger partial charge >= 0.3 is 12.0 Å². The maximum atomic E-state index is 12.0. The van der Waals surface area contributed by atoms with Gasteiger partial charge in [-0.25, -0.2) is 4.79 Å². The van der Waals surface area contributed by atoms with Crippen molar-refractivity contribution in [3.8, 4) is 0 Å². The minimum Gasteiger partial charge on any atom is -0.461 e. The average molecular weight is 279 g/mol. The van der Waals surface area contributed by atoms with Gasteiger partial charge in [0, 0.05) is 22.8 Å². The van der Waals surface area contributed by atoms with Crippen LogP contribution >= 0.6 is 0 Å². The minimum atomic E-state index is -1.51. The SMILES string of the molecule is CCOC(=O)[C@@H]([C@@H](C)CC(=O)c1ccccc1)[N+](=O)[O-]. The van der Waals surface area contributed by atoms with Crippen LogP contribution in [-0.2, 0) is 9.53 Å². The monoisotopic (exact) mass is 279 g/mol. The molecule has 0 bridgehead atoms. The standard InChI is InChI=1S/C14H17NO5/c1-3-20-14(17)13(15(18)19)10(2)9-12(16)11-7-5-4-6-8-11/h4-8,10,13H,3,9H2,1-2H3/t10-,13+/m0/s1. The lowest BCUT2D eigenvalue weighted by molar-refractivity contribution is -0.518. The van der Waals surface area contributed by atoms with Gasteiger partial charge in [0.15, 0.2) is 5.78 Å². The number of hydrogen-bond acceptors (Lipinski definition) is 5. The molecule has 6 heteroatoms. The molecular weight excluding hydrogens is 262 g/mol. The molecule has 0 heterocycles. The number of nitro groups is 1. The Hall–Kier alpha value is -2.24. The van der Waals surface area contributed by atoms with E-state index in [2.05, 4.69) is 4.74 Å². The molecule has 6 nitrogen and oxygen atoms in total. The number of carbonyl (C=O) groups excluding carboxylic acids is 2. The van der Waals surface area contributed by atoms with E-state index in [1.54, 1.807) is 37.3 Å². The van der Waals surface area contributed by atoms with Crippen LogP contribution in [-0.4, -0.2) is 29.3 Å². The topological polar surface area (TPSA) is 86.5 Å². The molecule has 0 saturated heterocycles. The fourth-order valence-electron chi connectivity index (χ4n) is 1.90. The van der Waals surface area contributed by atoms with Gasteiger partial charge < -0.3 is 4.74 Å². The second-order valence-corrected chi connectivity index (χ2v) is 4.45. The van der Waals surface area contributed by atoms with Crippen molar-refractivity contribution in [3.05, 3.63) is 46.0 Å². The molecule has 108 valence electrons. The first-order valence-corrected chi connectivity index (χ1v) is 6.35. The second-order valence-electron chi connectivity index (χ2n) is 4.45. The van der Waals surface area contributed by atoms with Crippen molar-refractivity contribution in [2.24, 2.45) is 5.92 Å². The number of hydrogen-bond donors (Lipinski definition) is 0. The fourth-order valence-corrected chi connectivity index (χ4v) is 1.90. The summed E-state index contributed by atoms with van der Waals surface area (Å²) in [5.41, 5.74) is 0.477. The molecule has 0 aliphatic rings. The Morgan fingerprint density at radius 3 is 2.40 bits per heavy atom. The molecule has 0 amide bonds. The maximum Gasteiger partial charge on any atom is 0.381 e. The van der Waals surface area contributed by atoms with Gasteiger partial charge in [-0.05, 0) is 6.92 Å². The molecule has 0 spiro atoms. The van der Waals surface area contributed by atoms with Crippen molar-refractivity contribution in [1.29, 1.82) is 0 Å². The molecule has 0 radical (unpaired) electrons. The van der Waals surface area contributed by atoms with Crippen LogP contribution in [0.2, 0.25) is 0 Å². The second kappa shape index (κ2) is 7.37. The first-order chi connectivity index (χ1) is 9.47. The molecule has 0 unspecified atom stereocenters. The van der Waals surface area contributed by atoms with Gasteiger partial charge in [0.25, 0.3) is 0 Å². The Morgan fingerprint density at radius 2 is 1.90 bits per heavy atom. The Morgan fingerprint density at radius 1 is 1.30 bits per heavy atom. The summed E-state index contributed by atoms with van der Waals surface area (Å²) in [7, 11) is 0. The van der Waals surface area contributed by atoms with E-state index >= 15 is 0 Å². The third kappa shape index (κ3) is 4.15. The van der Waals surface area contributed by atoms with Crippen molar-refractivity contribution in [2.45, 2.75) is 26.3 Å². The summed E-state index contributed by atoms with van der Waals surface area (Å²) in [6.45, 7) is 3.16. The lowest BCUT2D eigenvalue weighted by Crippen LogP contribution is -2.38. The zero-order valence-electron chi connectivity index (χ0n) is 11.4. The number of esters is 1. The van der Waals surface area contributed by atoms with Crippen molar-refractivity contribution in [3.63, 3.8) is 0 Å². The highest BCUT2D eigenvalue weighted by Gasteiger charge is 2.38. The summed E-state index contributed by atoms with van der Waals surface area (Å²) >= 11 is 0. The predicted molar refractivity (Wildman–Crippen MR) is 72.0 cm³/mol. The zero-order chi connectivity index (χ0) is 15.1. The molecule has 1 aromatic carbocycles. The quantitative estimate of drug-likeness (QED) is 0.330. The highest BCUT2D eigenvalue weighted by Crippen LogP contribution is 2.16. The first kappa shape index (κ1) is 15.8. The fraction of sp³-hybridized carbons (Fsp3) is 0.429. The van der Waals surface area contributed by atoms with E-state index in [0.29, 0.717) is 5.56 Å². The van der Waals surface area contributed by atoms with Gasteiger partial charge in [0.2, 0.25) is 0 Å². The van der Waals surface area contributed by atoms with Crippen LogP contribution in [0.15, 0.2) is 30.3 Å². The average Bonchev–Trinajstić information content (AvgIpc) is 2.39. The van der Waals surface area contributed by atoms with E-state index in [-0.39, 0.29) is 18.8 Å². The summed E-state index contributed by atoms with van der Waals surface area (Å²) < 4.78 is 4.68. The highest BCUT2D eigenvalue weighted by atomic mass is 16.6. The number of nitrogens with zero attached hydrogens (tertiary/aromatic N) is 1. The third-order valence-corrected chi connectivity index (χ3v) is 2.90. The summed E-state index contributed by atoms with van der Waals surface area (Å²) in [5.74, 6) is -1.85. The summed E-state index contributed by atoms with van der Waals surface area (Å²) in [4.78, 5) is 33.8. The predicted octanol–water partition coefficient (Wildman–Crippen LogP) is 2.10. The molecule has 0 aliphatic carbocycles. The van der Waals surface area contributed by atoms with Crippen LogP contribution in [0.4, 0.5) is 0 Å². The van der Waals surface area contributed by atoms with E-state index in [4.69, 9.17) is 0 Å². The maximum absolute atomic E-state index is 12.0. The van der Waals surface area contributed by atoms with Crippen molar-refractivity contribution in [1.82, 2.24) is 0 Å². The Kier molecular flexibility index (Phi) is 5.83. The summed E-state index contributed by atoms with van der Waals surface area (Å²) in [6, 6.07) is 6.98. The number of carbonyl (C=O) groups is 2. The van der Waals surface area contributed by atoms with Gasteiger partial charge in [-0.3, -0.25) is 14.9 Å². The first-order valence-electron chi connectivity index (χ1n) is 6.35. The normalized spacial score (nSPS) is 13.3. The van der Waals surface area contributed by atoms with Crippen molar-refractivity contribution in [2.75, 3.05) is 6.61 Å². The molecule has 1 rings (SSSR count). The van der Waals surface area contributed by atoms with Crippen LogP contribution in [0.5, 0.6) is 0 Å². The Bertz CT molecular complexity index is 486. The van der Waals surface area contributed by atoms with E-state index in [1.807, 2.05) is 0 Å². The third-order valence-electron chi connectivity index (χ3n) is 2.90. The smallest absolute Gasteiger partial charge is 0.381 e. The van der Waals surface area contributed by atoms with Gasteiger partial charge in [0.1, 0.15) is 0 Å². The van der Waals surface area contributed by atoms with E-state index in [9.17, 15) is 19.7 Å². The zero-order valence-corrected chi connectivity index (χ0v) is 11.4. The van der Waals surface area contributed by atoms with Crippen LogP contribution in [0.3, 0.4) is 0 Å². The summed E-state index contributed by atoms with van der Waals surface area (Å²) in [5, 5.41) is 11.0. The molecule has 1 aromatic rings. The molecule has 0 fully saturated rings. The molecule has 0 N–H and O–H groups in total. The Labute approximate surface area is 116 Å². The number of benzene rings is 1. The van der Waals surface area contributed by atoms with Gasteiger partial charge in [-0.1, -0.05) is 37.3 Å². The number of Topliss-reactive ketones (excluding diaryl/α,β-unsaturated/α-hetero) is 1. The van der Waals surface area contributed by atoms with E-state index in [0.717, 1.165) is 0 Å². The lowest BCUT2D eigenvalue weighted by Gasteiger charge is -2.15. The number of ketones is 1. The number of rotatable bonds is 7. The molecule has 0 saturated carbocycles. The Balaban J connectivity index is 2.76. The molecule has 2 atom stereocenters. The molecule has 20 heavy (non-hydrogen) atoms. The van der Waals surface area contributed by atoms with E-state index < -0.39 is 22.9 Å². The van der Waals surface area contributed by atoms with Crippen molar-refractivity contribution >= 4 is 11.8 Å². The number of ether oxygens (including phenoxy) is 1. The summed E-state index contributed by atoms with van der Waals surface area (Å²) in [6.07, 6.45) is -0.0749. The van der Waals surface area contributed by atoms with Crippen LogP contribution in [0.1, 0.15) is 30.6 Å².